The van der Waals surface area contributed by atoms with Gasteiger partial charge in [-0.2, -0.15) is 0 Å². The van der Waals surface area contributed by atoms with Gasteiger partial charge in [-0.3, -0.25) is 9.59 Å². The summed E-state index contributed by atoms with van der Waals surface area (Å²) in [5.41, 5.74) is 1.02. The molecule has 3 aromatic rings. The molecule has 0 atom stereocenters. The molecule has 6 heteroatoms. The van der Waals surface area contributed by atoms with Gasteiger partial charge >= 0.3 is 0 Å². The first kappa shape index (κ1) is 15.2. The molecule has 1 aromatic carbocycles. The summed E-state index contributed by atoms with van der Waals surface area (Å²) < 4.78 is 0. The zero-order valence-corrected chi connectivity index (χ0v) is 13.1. The fourth-order valence-corrected chi connectivity index (χ4v) is 2.59. The van der Waals surface area contributed by atoms with E-state index >= 15 is 0 Å². The van der Waals surface area contributed by atoms with Crippen molar-refractivity contribution >= 4 is 39.7 Å². The molecule has 0 spiro atoms. The van der Waals surface area contributed by atoms with Gasteiger partial charge in [-0.05, 0) is 29.7 Å². The molecule has 0 radical (unpaired) electrons. The standard InChI is InChI=1S/C17H14ClN3O2/c1-2-13(22)10-4-3-5-12(8-10)20-16-15-11(9-14(18)21-16)6-7-19-17(15)23/h3-9H,2H2,1H3,(H,19,23)(H,20,21). The lowest BCUT2D eigenvalue weighted by atomic mass is 10.1. The second-order valence-electron chi connectivity index (χ2n) is 5.05. The van der Waals surface area contributed by atoms with Crippen molar-refractivity contribution in [2.24, 2.45) is 0 Å². The Morgan fingerprint density at radius 1 is 1.30 bits per heavy atom. The van der Waals surface area contributed by atoms with Gasteiger partial charge in [0, 0.05) is 23.9 Å². The molecule has 3 rings (SSSR count). The zero-order valence-electron chi connectivity index (χ0n) is 12.4. The number of fused-ring (bicyclic) bond motifs is 1. The van der Waals surface area contributed by atoms with Gasteiger partial charge in [0.2, 0.25) is 0 Å². The smallest absolute Gasteiger partial charge is 0.259 e. The van der Waals surface area contributed by atoms with E-state index < -0.39 is 0 Å². The third-order valence-corrected chi connectivity index (χ3v) is 3.69. The van der Waals surface area contributed by atoms with Crippen molar-refractivity contribution in [1.29, 1.82) is 0 Å². The van der Waals surface area contributed by atoms with Crippen LogP contribution in [0.1, 0.15) is 23.7 Å². The zero-order chi connectivity index (χ0) is 16.4. The number of carbonyl (C=O) groups excluding carboxylic acids is 1. The van der Waals surface area contributed by atoms with Crippen LogP contribution in [0.4, 0.5) is 11.5 Å². The van der Waals surface area contributed by atoms with Gasteiger partial charge in [0.05, 0.1) is 5.39 Å². The maximum atomic E-state index is 12.1. The first-order chi connectivity index (χ1) is 11.1. The number of carbonyl (C=O) groups is 1. The molecule has 2 heterocycles. The molecule has 5 nitrogen and oxygen atoms in total. The fourth-order valence-electron chi connectivity index (χ4n) is 2.38. The van der Waals surface area contributed by atoms with E-state index in [0.29, 0.717) is 34.3 Å². The molecule has 0 saturated heterocycles. The number of benzene rings is 1. The predicted molar refractivity (Wildman–Crippen MR) is 91.7 cm³/mol. The van der Waals surface area contributed by atoms with Gasteiger partial charge in [-0.25, -0.2) is 4.98 Å². The minimum absolute atomic E-state index is 0.0513. The normalized spacial score (nSPS) is 10.7. The van der Waals surface area contributed by atoms with Crippen LogP contribution < -0.4 is 10.9 Å². The largest absolute Gasteiger partial charge is 0.339 e. The van der Waals surface area contributed by atoms with Crippen LogP contribution in [0.3, 0.4) is 0 Å². The Hall–Kier alpha value is -2.66. The summed E-state index contributed by atoms with van der Waals surface area (Å²) in [6.07, 6.45) is 1.99. The van der Waals surface area contributed by atoms with Crippen LogP contribution in [0.5, 0.6) is 0 Å². The highest BCUT2D eigenvalue weighted by Gasteiger charge is 2.10. The van der Waals surface area contributed by atoms with E-state index in [0.717, 1.165) is 0 Å². The van der Waals surface area contributed by atoms with Crippen LogP contribution in [0.2, 0.25) is 5.15 Å². The lowest BCUT2D eigenvalue weighted by molar-refractivity contribution is 0.0988. The summed E-state index contributed by atoms with van der Waals surface area (Å²) in [6, 6.07) is 10.5. The lowest BCUT2D eigenvalue weighted by Gasteiger charge is -2.10. The molecular formula is C17H14ClN3O2. The van der Waals surface area contributed by atoms with Gasteiger partial charge in [-0.1, -0.05) is 30.7 Å². The number of nitrogens with zero attached hydrogens (tertiary/aromatic N) is 1. The molecule has 0 aliphatic carbocycles. The van der Waals surface area contributed by atoms with Crippen LogP contribution in [0.25, 0.3) is 10.8 Å². The van der Waals surface area contributed by atoms with Crippen LogP contribution in [0.15, 0.2) is 47.4 Å². The SMILES string of the molecule is CCC(=O)c1cccc(Nc2nc(Cl)cc3cc[nH]c(=O)c23)c1. The topological polar surface area (TPSA) is 74.8 Å². The Morgan fingerprint density at radius 3 is 2.91 bits per heavy atom. The molecule has 0 aliphatic heterocycles. The predicted octanol–water partition coefficient (Wildman–Crippen LogP) is 3.91. The number of H-pyrrole nitrogens is 1. The number of ketones is 1. The third-order valence-electron chi connectivity index (χ3n) is 3.49. The number of nitrogens with one attached hydrogen (secondary N) is 2. The second kappa shape index (κ2) is 6.22. The second-order valence-corrected chi connectivity index (χ2v) is 5.43. The Morgan fingerprint density at radius 2 is 2.13 bits per heavy atom. The Bertz CT molecular complexity index is 950. The highest BCUT2D eigenvalue weighted by atomic mass is 35.5. The number of rotatable bonds is 4. The Kier molecular flexibility index (Phi) is 4.12. The lowest BCUT2D eigenvalue weighted by Crippen LogP contribution is -2.09. The molecule has 2 N–H and O–H groups in total. The molecule has 23 heavy (non-hydrogen) atoms. The number of hydrogen-bond donors (Lipinski definition) is 2. The third kappa shape index (κ3) is 3.10. The Labute approximate surface area is 137 Å². The van der Waals surface area contributed by atoms with Crippen LogP contribution in [-0.2, 0) is 0 Å². The fraction of sp³-hybridized carbons (Fsp3) is 0.118. The average Bonchev–Trinajstić information content (AvgIpc) is 2.54. The average molecular weight is 328 g/mol. The van der Waals surface area contributed by atoms with Gasteiger partial charge < -0.3 is 10.3 Å². The van der Waals surface area contributed by atoms with Crippen molar-refractivity contribution in [1.82, 2.24) is 9.97 Å². The molecule has 0 amide bonds. The van der Waals surface area contributed by atoms with E-state index in [1.165, 1.54) is 0 Å². The number of anilines is 2. The highest BCUT2D eigenvalue weighted by molar-refractivity contribution is 6.30. The molecular weight excluding hydrogens is 314 g/mol. The Balaban J connectivity index is 2.09. The van der Waals surface area contributed by atoms with Crippen molar-refractivity contribution in [3.63, 3.8) is 0 Å². The van der Waals surface area contributed by atoms with E-state index in [2.05, 4.69) is 15.3 Å². The molecule has 0 saturated carbocycles. The maximum absolute atomic E-state index is 12.1. The van der Waals surface area contributed by atoms with Crippen LogP contribution in [0, 0.1) is 0 Å². The van der Waals surface area contributed by atoms with Crippen molar-refractivity contribution < 1.29 is 4.79 Å². The molecule has 116 valence electrons. The van der Waals surface area contributed by atoms with Gasteiger partial charge in [-0.15, -0.1) is 0 Å². The van der Waals surface area contributed by atoms with Gasteiger partial charge in [0.15, 0.2) is 5.78 Å². The van der Waals surface area contributed by atoms with Crippen LogP contribution in [-0.4, -0.2) is 15.8 Å². The number of pyridine rings is 2. The number of hydrogen-bond acceptors (Lipinski definition) is 4. The van der Waals surface area contributed by atoms with Gasteiger partial charge in [0.1, 0.15) is 11.0 Å². The van der Waals surface area contributed by atoms with E-state index in [1.54, 1.807) is 42.6 Å². The minimum Gasteiger partial charge on any atom is -0.339 e. The number of aromatic nitrogens is 2. The van der Waals surface area contributed by atoms with Crippen molar-refractivity contribution in [2.45, 2.75) is 13.3 Å². The molecule has 0 bridgehead atoms. The molecule has 0 aliphatic rings. The molecule has 0 fully saturated rings. The molecule has 0 unspecified atom stereocenters. The number of aromatic amines is 1. The summed E-state index contributed by atoms with van der Waals surface area (Å²) in [5, 5.41) is 4.48. The minimum atomic E-state index is -0.255. The van der Waals surface area contributed by atoms with E-state index in [9.17, 15) is 9.59 Å². The summed E-state index contributed by atoms with van der Waals surface area (Å²) in [6.45, 7) is 1.81. The summed E-state index contributed by atoms with van der Waals surface area (Å²) in [5.74, 6) is 0.408. The van der Waals surface area contributed by atoms with Crippen molar-refractivity contribution in [3.8, 4) is 0 Å². The highest BCUT2D eigenvalue weighted by Crippen LogP contribution is 2.25. The first-order valence-electron chi connectivity index (χ1n) is 7.16. The van der Waals surface area contributed by atoms with Crippen molar-refractivity contribution in [3.05, 3.63) is 63.7 Å². The number of halogens is 1. The van der Waals surface area contributed by atoms with Gasteiger partial charge in [0.25, 0.3) is 5.56 Å². The molecule has 2 aromatic heterocycles. The summed E-state index contributed by atoms with van der Waals surface area (Å²) in [4.78, 5) is 30.7. The van der Waals surface area contributed by atoms with E-state index in [4.69, 9.17) is 11.6 Å². The summed E-state index contributed by atoms with van der Waals surface area (Å²) in [7, 11) is 0. The van der Waals surface area contributed by atoms with E-state index in [-0.39, 0.29) is 16.5 Å². The number of Topliss-reactive ketones (excluding diaryl/α,β-unsaturated/α-hetero) is 1. The first-order valence-corrected chi connectivity index (χ1v) is 7.54. The monoisotopic (exact) mass is 327 g/mol. The summed E-state index contributed by atoms with van der Waals surface area (Å²) >= 11 is 6.03. The van der Waals surface area contributed by atoms with Crippen LogP contribution >= 0.6 is 11.6 Å². The quantitative estimate of drug-likeness (QED) is 0.562. The van der Waals surface area contributed by atoms with E-state index in [1.807, 2.05) is 6.92 Å². The van der Waals surface area contributed by atoms with Crippen molar-refractivity contribution in [2.75, 3.05) is 5.32 Å². The maximum Gasteiger partial charge on any atom is 0.259 e.